The Balaban J connectivity index is 1.10. The van der Waals surface area contributed by atoms with Crippen molar-refractivity contribution in [3.8, 4) is 22.9 Å². The molecular weight excluding hydrogens is 626 g/mol. The predicted molar refractivity (Wildman–Crippen MR) is 172 cm³/mol. The molecule has 1 aromatic heterocycles. The number of rotatable bonds is 7. The minimum absolute atomic E-state index is 0.0298. The minimum Gasteiger partial charge on any atom is -0.508 e. The number of aromatic nitrogens is 2. The van der Waals surface area contributed by atoms with Gasteiger partial charge in [-0.1, -0.05) is 6.07 Å². The second kappa shape index (κ2) is 11.1. The Bertz CT molecular complexity index is 1950. The molecule has 0 spiro atoms. The fraction of sp³-hybridized carbons (Fsp3) is 0.500. The molecule has 3 aliphatic heterocycles. The van der Waals surface area contributed by atoms with Crippen molar-refractivity contribution < 1.29 is 32.5 Å². The Morgan fingerprint density at radius 3 is 2.44 bits per heavy atom. The number of piperazine rings is 1. The molecular formula is C36H37F4N5O3. The van der Waals surface area contributed by atoms with Crippen molar-refractivity contribution in [3.05, 3.63) is 53.6 Å². The van der Waals surface area contributed by atoms with Gasteiger partial charge in [-0.2, -0.15) is 9.97 Å². The lowest BCUT2D eigenvalue weighted by molar-refractivity contribution is 0.116. The van der Waals surface area contributed by atoms with Crippen LogP contribution in [0.25, 0.3) is 32.8 Å². The summed E-state index contributed by atoms with van der Waals surface area (Å²) in [6.07, 6.45) is 5.63. The van der Waals surface area contributed by atoms with Gasteiger partial charge in [0.25, 0.3) is 0 Å². The number of aliphatic hydroxyl groups excluding tert-OH is 1. The van der Waals surface area contributed by atoms with Gasteiger partial charge in [0.1, 0.15) is 22.9 Å². The maximum absolute atomic E-state index is 16.8. The third kappa shape index (κ3) is 5.06. The fourth-order valence-electron chi connectivity index (χ4n) is 8.93. The van der Waals surface area contributed by atoms with E-state index in [-0.39, 0.29) is 62.6 Å². The Labute approximate surface area is 274 Å². The number of ether oxygens (including phenoxy) is 1. The smallest absolute Gasteiger partial charge is 0.319 e. The topological polar surface area (TPSA) is 94.0 Å². The van der Waals surface area contributed by atoms with Crippen molar-refractivity contribution in [3.63, 3.8) is 0 Å². The molecule has 5 fully saturated rings. The summed E-state index contributed by atoms with van der Waals surface area (Å²) < 4.78 is 68.7. The van der Waals surface area contributed by atoms with Crippen molar-refractivity contribution >= 4 is 27.5 Å². The molecule has 3 saturated heterocycles. The number of nitrogens with one attached hydrogen (secondary N) is 1. The molecule has 2 aliphatic carbocycles. The number of hydrogen-bond donors (Lipinski definition) is 3. The molecule has 48 heavy (non-hydrogen) atoms. The molecule has 3 aromatic carbocycles. The summed E-state index contributed by atoms with van der Waals surface area (Å²) in [7, 11) is 0. The Morgan fingerprint density at radius 1 is 0.896 bits per heavy atom. The van der Waals surface area contributed by atoms with Crippen molar-refractivity contribution in [1.82, 2.24) is 20.2 Å². The molecule has 9 rings (SSSR count). The summed E-state index contributed by atoms with van der Waals surface area (Å²) in [5.74, 6) is -3.65. The molecule has 5 aliphatic rings. The van der Waals surface area contributed by atoms with Crippen molar-refractivity contribution in [2.24, 2.45) is 17.3 Å². The Morgan fingerprint density at radius 2 is 1.69 bits per heavy atom. The van der Waals surface area contributed by atoms with Gasteiger partial charge in [-0.15, -0.1) is 0 Å². The maximum Gasteiger partial charge on any atom is 0.319 e. The molecule has 2 bridgehead atoms. The van der Waals surface area contributed by atoms with Crippen LogP contribution < -0.4 is 15.0 Å². The molecule has 0 amide bonds. The van der Waals surface area contributed by atoms with E-state index in [4.69, 9.17) is 9.72 Å². The van der Waals surface area contributed by atoms with Crippen LogP contribution in [0.5, 0.6) is 11.8 Å². The number of likely N-dealkylation sites (tertiary alicyclic amines) is 1. The first-order valence-corrected chi connectivity index (χ1v) is 17.0. The predicted octanol–water partition coefficient (Wildman–Crippen LogP) is 5.51. The highest BCUT2D eigenvalue weighted by Gasteiger charge is 2.49. The van der Waals surface area contributed by atoms with Gasteiger partial charge >= 0.3 is 6.01 Å². The van der Waals surface area contributed by atoms with E-state index in [9.17, 15) is 14.6 Å². The second-order valence-electron chi connectivity index (χ2n) is 14.8. The van der Waals surface area contributed by atoms with Gasteiger partial charge in [0.15, 0.2) is 17.5 Å². The number of phenols is 1. The quantitative estimate of drug-likeness (QED) is 0.223. The molecule has 5 atom stereocenters. The van der Waals surface area contributed by atoms with Gasteiger partial charge in [0.2, 0.25) is 0 Å². The van der Waals surface area contributed by atoms with E-state index in [1.807, 2.05) is 4.90 Å². The normalized spacial score (nSPS) is 27.7. The molecule has 5 unspecified atom stereocenters. The van der Waals surface area contributed by atoms with Crippen LogP contribution >= 0.6 is 0 Å². The molecule has 3 N–H and O–H groups in total. The fourth-order valence-corrected chi connectivity index (χ4v) is 8.93. The van der Waals surface area contributed by atoms with E-state index in [2.05, 4.69) is 15.2 Å². The van der Waals surface area contributed by atoms with Crippen LogP contribution in [0.15, 0.2) is 30.3 Å². The number of fused-ring (bicyclic) bond motifs is 5. The Hall–Kier alpha value is -3.74. The van der Waals surface area contributed by atoms with Crippen LogP contribution in [0.4, 0.5) is 23.4 Å². The third-order valence-corrected chi connectivity index (χ3v) is 11.5. The Kier molecular flexibility index (Phi) is 7.04. The lowest BCUT2D eigenvalue weighted by atomic mass is 9.95. The van der Waals surface area contributed by atoms with E-state index < -0.39 is 28.8 Å². The van der Waals surface area contributed by atoms with Crippen LogP contribution in [0.2, 0.25) is 0 Å². The van der Waals surface area contributed by atoms with Gasteiger partial charge in [-0.25, -0.2) is 17.6 Å². The van der Waals surface area contributed by atoms with Crippen LogP contribution in [0, 0.1) is 40.5 Å². The first kappa shape index (κ1) is 30.3. The minimum atomic E-state index is -1.27. The number of aliphatic hydroxyl groups is 1. The number of phenolic OH excluding ortho intramolecular Hbond substituents is 1. The zero-order valence-corrected chi connectivity index (χ0v) is 26.4. The van der Waals surface area contributed by atoms with Crippen LogP contribution in [-0.2, 0) is 0 Å². The number of halogens is 4. The zero-order chi connectivity index (χ0) is 32.9. The van der Waals surface area contributed by atoms with E-state index in [0.29, 0.717) is 37.4 Å². The van der Waals surface area contributed by atoms with Gasteiger partial charge in [0, 0.05) is 72.5 Å². The number of aromatic hydroxyl groups is 1. The first-order valence-electron chi connectivity index (χ1n) is 17.0. The molecule has 252 valence electrons. The number of anilines is 1. The summed E-state index contributed by atoms with van der Waals surface area (Å²) in [4.78, 5) is 13.7. The van der Waals surface area contributed by atoms with E-state index in [0.717, 1.165) is 76.4 Å². The van der Waals surface area contributed by atoms with Gasteiger partial charge < -0.3 is 30.1 Å². The number of hydrogen-bond acceptors (Lipinski definition) is 8. The summed E-state index contributed by atoms with van der Waals surface area (Å²) in [5.41, 5.74) is -1.23. The van der Waals surface area contributed by atoms with E-state index in [1.165, 1.54) is 12.1 Å². The van der Waals surface area contributed by atoms with Crippen molar-refractivity contribution in [2.75, 3.05) is 44.2 Å². The van der Waals surface area contributed by atoms with Crippen molar-refractivity contribution in [2.45, 2.75) is 56.7 Å². The average molecular weight is 664 g/mol. The molecule has 12 heteroatoms. The van der Waals surface area contributed by atoms with Gasteiger partial charge in [0.05, 0.1) is 18.3 Å². The summed E-state index contributed by atoms with van der Waals surface area (Å²) in [5, 5.41) is 24.3. The second-order valence-corrected chi connectivity index (χ2v) is 14.8. The van der Waals surface area contributed by atoms with Crippen molar-refractivity contribution in [1.29, 1.82) is 0 Å². The zero-order valence-electron chi connectivity index (χ0n) is 26.4. The summed E-state index contributed by atoms with van der Waals surface area (Å²) in [6, 6.07) is 5.96. The lowest BCUT2D eigenvalue weighted by Crippen LogP contribution is -2.51. The third-order valence-electron chi connectivity index (χ3n) is 11.5. The highest BCUT2D eigenvalue weighted by Crippen LogP contribution is 2.49. The molecule has 2 saturated carbocycles. The maximum atomic E-state index is 16.8. The average Bonchev–Trinajstić information content (AvgIpc) is 3.38. The SMILES string of the molecule is Oc1cc(-c2c(F)cc3c(N4CC5CCC(C4)N5)nc(OCC4(CN5CC6CCC(O)C6C5)CC4)nc3c2F)c2c(F)c(F)ccc2c1. The highest BCUT2D eigenvalue weighted by molar-refractivity contribution is 6.02. The molecule has 8 nitrogen and oxygen atoms in total. The number of benzene rings is 3. The molecule has 4 heterocycles. The van der Waals surface area contributed by atoms with Gasteiger partial charge in [-0.3, -0.25) is 0 Å². The molecule has 4 aromatic rings. The molecule has 0 radical (unpaired) electrons. The van der Waals surface area contributed by atoms with E-state index >= 15 is 13.2 Å². The number of nitrogens with zero attached hydrogens (tertiary/aromatic N) is 4. The summed E-state index contributed by atoms with van der Waals surface area (Å²) in [6.45, 7) is 4.22. The summed E-state index contributed by atoms with van der Waals surface area (Å²) >= 11 is 0. The van der Waals surface area contributed by atoms with Crippen LogP contribution in [0.1, 0.15) is 38.5 Å². The van der Waals surface area contributed by atoms with Gasteiger partial charge in [-0.05, 0) is 74.1 Å². The largest absolute Gasteiger partial charge is 0.508 e. The first-order chi connectivity index (χ1) is 23.1. The standard InChI is InChI=1S/C36H37F4N5O3/c37-26-5-1-18-9-22(46)10-23(29(18)31(26)39)30-27(38)11-24-33(32(30)40)42-35(43-34(24)45-13-20-3-4-21(14-45)41-20)48-17-36(7-8-36)16-44-12-19-2-6-28(47)25(19)15-44/h1,5,9-11,19-21,25,28,41,46-47H,2-4,6-8,12-17H2. The van der Waals surface area contributed by atoms with E-state index in [1.54, 1.807) is 0 Å². The van der Waals surface area contributed by atoms with Crippen LogP contribution in [-0.4, -0.2) is 82.6 Å². The van der Waals surface area contributed by atoms with Crippen LogP contribution in [0.3, 0.4) is 0 Å². The highest BCUT2D eigenvalue weighted by atomic mass is 19.2. The lowest BCUT2D eigenvalue weighted by Gasteiger charge is -2.34. The monoisotopic (exact) mass is 663 g/mol.